The number of sulfonamides is 1. The Labute approximate surface area is 168 Å². The molecule has 150 valence electrons. The number of anilines is 1. The predicted molar refractivity (Wildman–Crippen MR) is 107 cm³/mol. The average molecular weight is 426 g/mol. The van der Waals surface area contributed by atoms with Crippen LogP contribution in [0.5, 0.6) is 0 Å². The SMILES string of the molecule is CCN1CCN(C(=O)c2ccc(NS(=O)(=O)c3ccc(F)c(Cl)c3)cc2)CC1. The lowest BCUT2D eigenvalue weighted by Gasteiger charge is -2.34. The van der Waals surface area contributed by atoms with E-state index in [1.807, 2.05) is 0 Å². The van der Waals surface area contributed by atoms with Crippen molar-refractivity contribution in [2.75, 3.05) is 37.4 Å². The van der Waals surface area contributed by atoms with E-state index in [1.165, 1.54) is 12.1 Å². The van der Waals surface area contributed by atoms with Crippen molar-refractivity contribution in [3.8, 4) is 0 Å². The highest BCUT2D eigenvalue weighted by Gasteiger charge is 2.21. The van der Waals surface area contributed by atoms with Gasteiger partial charge in [0.1, 0.15) is 5.82 Å². The molecular formula is C19H21ClFN3O3S. The summed E-state index contributed by atoms with van der Waals surface area (Å²) in [4.78, 5) is 16.5. The molecule has 0 unspecified atom stereocenters. The molecule has 2 aromatic carbocycles. The Morgan fingerprint density at radius 1 is 1.11 bits per heavy atom. The molecule has 0 radical (unpaired) electrons. The fourth-order valence-electron chi connectivity index (χ4n) is 2.99. The Balaban J connectivity index is 1.68. The lowest BCUT2D eigenvalue weighted by molar-refractivity contribution is 0.0643. The number of carbonyl (C=O) groups is 1. The minimum atomic E-state index is -3.92. The van der Waals surface area contributed by atoms with Gasteiger partial charge < -0.3 is 9.80 Å². The summed E-state index contributed by atoms with van der Waals surface area (Å²) in [6.45, 7) is 6.10. The Kier molecular flexibility index (Phi) is 6.22. The van der Waals surface area contributed by atoms with Gasteiger partial charge in [0, 0.05) is 37.4 Å². The lowest BCUT2D eigenvalue weighted by Crippen LogP contribution is -2.48. The first-order valence-corrected chi connectivity index (χ1v) is 10.8. The van der Waals surface area contributed by atoms with Crippen molar-refractivity contribution >= 4 is 33.2 Å². The van der Waals surface area contributed by atoms with E-state index < -0.39 is 15.8 Å². The van der Waals surface area contributed by atoms with Crippen LogP contribution in [-0.2, 0) is 10.0 Å². The minimum Gasteiger partial charge on any atom is -0.336 e. The largest absolute Gasteiger partial charge is 0.336 e. The molecule has 0 aliphatic carbocycles. The number of piperazine rings is 1. The number of carbonyl (C=O) groups excluding carboxylic acids is 1. The fraction of sp³-hybridized carbons (Fsp3) is 0.316. The van der Waals surface area contributed by atoms with Crippen molar-refractivity contribution in [3.63, 3.8) is 0 Å². The lowest BCUT2D eigenvalue weighted by atomic mass is 10.1. The molecule has 0 saturated carbocycles. The summed E-state index contributed by atoms with van der Waals surface area (Å²) in [5.41, 5.74) is 0.797. The van der Waals surface area contributed by atoms with Crippen molar-refractivity contribution in [2.45, 2.75) is 11.8 Å². The molecule has 6 nitrogen and oxygen atoms in total. The number of rotatable bonds is 5. The second-order valence-corrected chi connectivity index (χ2v) is 8.57. The van der Waals surface area contributed by atoms with Gasteiger partial charge in [0.25, 0.3) is 15.9 Å². The summed E-state index contributed by atoms with van der Waals surface area (Å²) < 4.78 is 40.5. The summed E-state index contributed by atoms with van der Waals surface area (Å²) in [7, 11) is -3.92. The Hall–Kier alpha value is -2.16. The molecule has 0 bridgehead atoms. The summed E-state index contributed by atoms with van der Waals surface area (Å²) in [5.74, 6) is -0.765. The zero-order chi connectivity index (χ0) is 20.3. The van der Waals surface area contributed by atoms with Crippen LogP contribution < -0.4 is 4.72 Å². The first-order chi connectivity index (χ1) is 13.3. The normalized spacial score (nSPS) is 15.5. The van der Waals surface area contributed by atoms with Crippen molar-refractivity contribution in [1.29, 1.82) is 0 Å². The Morgan fingerprint density at radius 3 is 2.32 bits per heavy atom. The third-order valence-corrected chi connectivity index (χ3v) is 6.36. The number of nitrogens with one attached hydrogen (secondary N) is 1. The molecule has 1 amide bonds. The van der Waals surface area contributed by atoms with Crippen molar-refractivity contribution < 1.29 is 17.6 Å². The molecule has 0 spiro atoms. The van der Waals surface area contributed by atoms with Gasteiger partial charge in [0.15, 0.2) is 0 Å². The molecule has 3 rings (SSSR count). The van der Waals surface area contributed by atoms with Gasteiger partial charge in [-0.1, -0.05) is 18.5 Å². The van der Waals surface area contributed by atoms with Crippen molar-refractivity contribution in [2.24, 2.45) is 0 Å². The highest BCUT2D eigenvalue weighted by atomic mass is 35.5. The molecular weight excluding hydrogens is 405 g/mol. The summed E-state index contributed by atoms with van der Waals surface area (Å²) in [6.07, 6.45) is 0. The molecule has 1 fully saturated rings. The molecule has 1 saturated heterocycles. The third kappa shape index (κ3) is 4.63. The number of hydrogen-bond acceptors (Lipinski definition) is 4. The van der Waals surface area contributed by atoms with Gasteiger partial charge in [0.2, 0.25) is 0 Å². The van der Waals surface area contributed by atoms with E-state index in [-0.39, 0.29) is 15.8 Å². The summed E-state index contributed by atoms with van der Waals surface area (Å²) in [6, 6.07) is 9.41. The maximum absolute atomic E-state index is 13.2. The molecule has 1 aliphatic rings. The van der Waals surface area contributed by atoms with Crippen LogP contribution in [0.15, 0.2) is 47.4 Å². The van der Waals surface area contributed by atoms with Crippen molar-refractivity contribution in [1.82, 2.24) is 9.80 Å². The van der Waals surface area contributed by atoms with Gasteiger partial charge in [-0.05, 0) is 49.0 Å². The van der Waals surface area contributed by atoms with Crippen LogP contribution in [0.2, 0.25) is 5.02 Å². The van der Waals surface area contributed by atoms with Crippen LogP contribution in [0, 0.1) is 5.82 Å². The highest BCUT2D eigenvalue weighted by molar-refractivity contribution is 7.92. The third-order valence-electron chi connectivity index (χ3n) is 4.69. The van der Waals surface area contributed by atoms with E-state index >= 15 is 0 Å². The number of likely N-dealkylation sites (N-methyl/N-ethyl adjacent to an activating group) is 1. The van der Waals surface area contributed by atoms with E-state index in [4.69, 9.17) is 11.6 Å². The number of benzene rings is 2. The molecule has 0 aromatic heterocycles. The minimum absolute atomic E-state index is 0.0736. The first kappa shape index (κ1) is 20.6. The monoisotopic (exact) mass is 425 g/mol. The number of hydrogen-bond donors (Lipinski definition) is 1. The van der Waals surface area contributed by atoms with Gasteiger partial charge in [-0.15, -0.1) is 0 Å². The van der Waals surface area contributed by atoms with E-state index in [2.05, 4.69) is 16.5 Å². The first-order valence-electron chi connectivity index (χ1n) is 8.89. The predicted octanol–water partition coefficient (Wildman–Crippen LogP) is 3.06. The number of halogens is 2. The summed E-state index contributed by atoms with van der Waals surface area (Å²) >= 11 is 5.66. The van der Waals surface area contributed by atoms with Crippen LogP contribution in [0.3, 0.4) is 0 Å². The molecule has 2 aromatic rings. The van der Waals surface area contributed by atoms with Crippen LogP contribution in [0.25, 0.3) is 0 Å². The fourth-order valence-corrected chi connectivity index (χ4v) is 4.32. The molecule has 0 atom stereocenters. The van der Waals surface area contributed by atoms with Crippen molar-refractivity contribution in [3.05, 3.63) is 58.9 Å². The average Bonchev–Trinajstić information content (AvgIpc) is 2.70. The number of nitrogens with zero attached hydrogens (tertiary/aromatic N) is 2. The van der Waals surface area contributed by atoms with E-state index in [0.717, 1.165) is 37.8 Å². The van der Waals surface area contributed by atoms with E-state index in [1.54, 1.807) is 17.0 Å². The second kappa shape index (κ2) is 8.46. The number of amides is 1. The van der Waals surface area contributed by atoms with Crippen LogP contribution in [0.1, 0.15) is 17.3 Å². The Morgan fingerprint density at radius 2 is 1.75 bits per heavy atom. The standard InChI is InChI=1S/C19H21ClFN3O3S/c1-2-23-9-11-24(12-10-23)19(25)14-3-5-15(6-4-14)22-28(26,27)16-7-8-18(21)17(20)13-16/h3-8,13,22H,2,9-12H2,1H3. The Bertz CT molecular complexity index is 959. The van der Waals surface area contributed by atoms with Gasteiger partial charge in [-0.3, -0.25) is 9.52 Å². The van der Waals surface area contributed by atoms with E-state index in [9.17, 15) is 17.6 Å². The maximum Gasteiger partial charge on any atom is 0.261 e. The molecule has 1 aliphatic heterocycles. The smallest absolute Gasteiger partial charge is 0.261 e. The maximum atomic E-state index is 13.2. The quantitative estimate of drug-likeness (QED) is 0.799. The zero-order valence-corrected chi connectivity index (χ0v) is 16.9. The molecule has 1 heterocycles. The van der Waals surface area contributed by atoms with Gasteiger partial charge in [-0.2, -0.15) is 0 Å². The second-order valence-electron chi connectivity index (χ2n) is 6.49. The van der Waals surface area contributed by atoms with Crippen LogP contribution >= 0.6 is 11.6 Å². The molecule has 1 N–H and O–H groups in total. The van der Waals surface area contributed by atoms with Crippen LogP contribution in [0.4, 0.5) is 10.1 Å². The molecule has 28 heavy (non-hydrogen) atoms. The van der Waals surface area contributed by atoms with Crippen LogP contribution in [-0.4, -0.2) is 56.8 Å². The van der Waals surface area contributed by atoms with Gasteiger partial charge >= 0.3 is 0 Å². The highest BCUT2D eigenvalue weighted by Crippen LogP contribution is 2.22. The van der Waals surface area contributed by atoms with Gasteiger partial charge in [0.05, 0.1) is 9.92 Å². The molecule has 9 heteroatoms. The van der Waals surface area contributed by atoms with Gasteiger partial charge in [-0.25, -0.2) is 12.8 Å². The zero-order valence-electron chi connectivity index (χ0n) is 15.4. The summed E-state index contributed by atoms with van der Waals surface area (Å²) in [5, 5.41) is -0.271. The topological polar surface area (TPSA) is 69.7 Å². The van der Waals surface area contributed by atoms with E-state index in [0.29, 0.717) is 24.3 Å².